The van der Waals surface area contributed by atoms with Gasteiger partial charge in [-0.3, -0.25) is 4.90 Å². The molecule has 0 bridgehead atoms. The molecule has 0 radical (unpaired) electrons. The number of hydrogen-bond acceptors (Lipinski definition) is 3. The van der Waals surface area contributed by atoms with Crippen molar-refractivity contribution in [3.05, 3.63) is 35.9 Å². The van der Waals surface area contributed by atoms with Crippen LogP contribution in [0.25, 0.3) is 0 Å². The summed E-state index contributed by atoms with van der Waals surface area (Å²) in [6.45, 7) is 6.88. The quantitative estimate of drug-likeness (QED) is 0.890. The van der Waals surface area contributed by atoms with E-state index in [0.717, 1.165) is 13.1 Å². The summed E-state index contributed by atoms with van der Waals surface area (Å²) in [5, 5.41) is 3.62. The second-order valence-corrected chi connectivity index (χ2v) is 6.55. The van der Waals surface area contributed by atoms with Crippen LogP contribution in [0.1, 0.15) is 31.9 Å². The van der Waals surface area contributed by atoms with E-state index in [0.29, 0.717) is 18.1 Å². The molecule has 2 rings (SSSR count). The van der Waals surface area contributed by atoms with Crippen molar-refractivity contribution in [2.75, 3.05) is 25.1 Å². The molecule has 0 aliphatic carbocycles. The minimum atomic E-state index is 0.522. The van der Waals surface area contributed by atoms with Crippen LogP contribution < -0.4 is 5.32 Å². The van der Waals surface area contributed by atoms with Crippen LogP contribution in [-0.2, 0) is 0 Å². The standard InChI is InChI=1S/C16H26N2S/c1-13-12-18(14(2)9-10-19-3)16(11-17-13)15-7-5-4-6-8-15/h4-8,13-14,16-17H,9-12H2,1-3H3. The summed E-state index contributed by atoms with van der Waals surface area (Å²) in [7, 11) is 0. The van der Waals surface area contributed by atoms with Crippen molar-refractivity contribution in [3.8, 4) is 0 Å². The van der Waals surface area contributed by atoms with Crippen LogP contribution in [0.2, 0.25) is 0 Å². The Balaban J connectivity index is 2.10. The summed E-state index contributed by atoms with van der Waals surface area (Å²) in [6, 6.07) is 12.7. The summed E-state index contributed by atoms with van der Waals surface area (Å²) in [5.74, 6) is 1.25. The van der Waals surface area contributed by atoms with Gasteiger partial charge in [0.25, 0.3) is 0 Å². The molecule has 2 nitrogen and oxygen atoms in total. The van der Waals surface area contributed by atoms with Crippen LogP contribution in [0, 0.1) is 0 Å². The highest BCUT2D eigenvalue weighted by Gasteiger charge is 2.29. The maximum absolute atomic E-state index is 3.62. The highest BCUT2D eigenvalue weighted by atomic mass is 32.2. The van der Waals surface area contributed by atoms with Gasteiger partial charge in [0.2, 0.25) is 0 Å². The van der Waals surface area contributed by atoms with E-state index in [9.17, 15) is 0 Å². The normalized spacial score (nSPS) is 26.3. The van der Waals surface area contributed by atoms with Crippen molar-refractivity contribution < 1.29 is 0 Å². The van der Waals surface area contributed by atoms with Crippen molar-refractivity contribution in [2.24, 2.45) is 0 Å². The summed E-state index contributed by atoms with van der Waals surface area (Å²) in [5.41, 5.74) is 1.44. The van der Waals surface area contributed by atoms with Gasteiger partial charge in [0.15, 0.2) is 0 Å². The van der Waals surface area contributed by atoms with E-state index in [1.807, 2.05) is 11.8 Å². The van der Waals surface area contributed by atoms with Crippen LogP contribution >= 0.6 is 11.8 Å². The zero-order valence-corrected chi connectivity index (χ0v) is 13.1. The molecule has 1 aliphatic rings. The molecule has 1 fully saturated rings. The Labute approximate surface area is 122 Å². The largest absolute Gasteiger partial charge is 0.311 e. The zero-order valence-electron chi connectivity index (χ0n) is 12.3. The molecule has 19 heavy (non-hydrogen) atoms. The Hall–Kier alpha value is -0.510. The highest BCUT2D eigenvalue weighted by molar-refractivity contribution is 7.98. The van der Waals surface area contributed by atoms with Gasteiger partial charge in [-0.05, 0) is 37.8 Å². The summed E-state index contributed by atoms with van der Waals surface area (Å²) in [6.07, 6.45) is 3.47. The molecule has 3 heteroatoms. The Morgan fingerprint density at radius 2 is 2.11 bits per heavy atom. The van der Waals surface area contributed by atoms with Gasteiger partial charge in [0, 0.05) is 31.2 Å². The van der Waals surface area contributed by atoms with E-state index < -0.39 is 0 Å². The molecule has 0 aromatic heterocycles. The SMILES string of the molecule is CSCCC(C)N1CC(C)NCC1c1ccccc1. The molecule has 106 valence electrons. The predicted molar refractivity (Wildman–Crippen MR) is 85.8 cm³/mol. The van der Waals surface area contributed by atoms with Crippen LogP contribution in [0.15, 0.2) is 30.3 Å². The third-order valence-electron chi connectivity index (χ3n) is 4.03. The van der Waals surface area contributed by atoms with E-state index in [1.54, 1.807) is 0 Å². The fraction of sp³-hybridized carbons (Fsp3) is 0.625. The van der Waals surface area contributed by atoms with Crippen LogP contribution in [0.5, 0.6) is 0 Å². The van der Waals surface area contributed by atoms with Gasteiger partial charge in [-0.1, -0.05) is 30.3 Å². The summed E-state index contributed by atoms with van der Waals surface area (Å²) in [4.78, 5) is 2.69. The lowest BCUT2D eigenvalue weighted by molar-refractivity contribution is 0.0915. The number of benzene rings is 1. The van der Waals surface area contributed by atoms with E-state index >= 15 is 0 Å². The molecule has 1 N–H and O–H groups in total. The predicted octanol–water partition coefficient (Wildman–Crippen LogP) is 3.16. The average Bonchev–Trinajstić information content (AvgIpc) is 2.45. The summed E-state index contributed by atoms with van der Waals surface area (Å²) >= 11 is 1.95. The lowest BCUT2D eigenvalue weighted by atomic mass is 9.99. The fourth-order valence-electron chi connectivity index (χ4n) is 2.86. The number of hydrogen-bond donors (Lipinski definition) is 1. The Morgan fingerprint density at radius 3 is 2.79 bits per heavy atom. The molecular formula is C16H26N2S. The van der Waals surface area contributed by atoms with Crippen LogP contribution in [0.3, 0.4) is 0 Å². The molecule has 1 aromatic rings. The van der Waals surface area contributed by atoms with Gasteiger partial charge in [-0.15, -0.1) is 0 Å². The molecule has 1 aromatic carbocycles. The first-order valence-electron chi connectivity index (χ1n) is 7.25. The Bertz CT molecular complexity index is 368. The third-order valence-corrected chi connectivity index (χ3v) is 4.68. The molecule has 0 saturated carbocycles. The second kappa shape index (κ2) is 7.32. The van der Waals surface area contributed by atoms with Gasteiger partial charge in [-0.2, -0.15) is 11.8 Å². The number of nitrogens with zero attached hydrogens (tertiary/aromatic N) is 1. The summed E-state index contributed by atoms with van der Waals surface area (Å²) < 4.78 is 0. The van der Waals surface area contributed by atoms with Gasteiger partial charge < -0.3 is 5.32 Å². The van der Waals surface area contributed by atoms with Crippen molar-refractivity contribution in [1.29, 1.82) is 0 Å². The maximum Gasteiger partial charge on any atom is 0.0476 e. The monoisotopic (exact) mass is 278 g/mol. The molecule has 1 heterocycles. The highest BCUT2D eigenvalue weighted by Crippen LogP contribution is 2.27. The average molecular weight is 278 g/mol. The zero-order chi connectivity index (χ0) is 13.7. The van der Waals surface area contributed by atoms with Crippen LogP contribution in [0.4, 0.5) is 0 Å². The van der Waals surface area contributed by atoms with E-state index in [2.05, 4.69) is 60.7 Å². The molecule has 1 saturated heterocycles. The number of piperazine rings is 1. The lowest BCUT2D eigenvalue weighted by Gasteiger charge is -2.43. The minimum absolute atomic E-state index is 0.522. The van der Waals surface area contributed by atoms with E-state index in [4.69, 9.17) is 0 Å². The van der Waals surface area contributed by atoms with Gasteiger partial charge in [0.1, 0.15) is 0 Å². The Kier molecular flexibility index (Phi) is 5.74. The first kappa shape index (κ1) is 14.9. The molecule has 3 atom stereocenters. The van der Waals surface area contributed by atoms with Crippen molar-refractivity contribution in [3.63, 3.8) is 0 Å². The van der Waals surface area contributed by atoms with Crippen LogP contribution in [-0.4, -0.2) is 42.1 Å². The van der Waals surface area contributed by atoms with Gasteiger partial charge in [0.05, 0.1) is 0 Å². The van der Waals surface area contributed by atoms with Crippen molar-refractivity contribution in [1.82, 2.24) is 10.2 Å². The first-order chi connectivity index (χ1) is 9.22. The van der Waals surface area contributed by atoms with E-state index in [1.165, 1.54) is 17.7 Å². The molecule has 0 spiro atoms. The fourth-order valence-corrected chi connectivity index (χ4v) is 3.44. The van der Waals surface area contributed by atoms with Gasteiger partial charge >= 0.3 is 0 Å². The third kappa shape index (κ3) is 3.98. The second-order valence-electron chi connectivity index (χ2n) is 5.56. The molecule has 0 amide bonds. The molecule has 1 aliphatic heterocycles. The maximum atomic E-state index is 3.62. The minimum Gasteiger partial charge on any atom is -0.311 e. The van der Waals surface area contributed by atoms with Gasteiger partial charge in [-0.25, -0.2) is 0 Å². The van der Waals surface area contributed by atoms with Crippen molar-refractivity contribution >= 4 is 11.8 Å². The lowest BCUT2D eigenvalue weighted by Crippen LogP contribution is -2.53. The molecular weight excluding hydrogens is 252 g/mol. The van der Waals surface area contributed by atoms with E-state index in [-0.39, 0.29) is 0 Å². The number of nitrogens with one attached hydrogen (secondary N) is 1. The molecule has 3 unspecified atom stereocenters. The number of thioether (sulfide) groups is 1. The first-order valence-corrected chi connectivity index (χ1v) is 8.64. The topological polar surface area (TPSA) is 15.3 Å². The smallest absolute Gasteiger partial charge is 0.0476 e. The van der Waals surface area contributed by atoms with Crippen molar-refractivity contribution in [2.45, 2.75) is 38.4 Å². The Morgan fingerprint density at radius 1 is 1.37 bits per heavy atom. The number of rotatable bonds is 5.